The van der Waals surface area contributed by atoms with Crippen LogP contribution in [0.4, 0.5) is 13.2 Å². The van der Waals surface area contributed by atoms with Gasteiger partial charge in [-0.15, -0.1) is 0 Å². The second-order valence-corrected chi connectivity index (χ2v) is 7.67. The molecule has 4 nitrogen and oxygen atoms in total. The minimum Gasteiger partial charge on any atom is -0.477 e. The smallest absolute Gasteiger partial charge is 0.433 e. The average Bonchev–Trinajstić information content (AvgIpc) is 3.02. The number of carboxylic acids is 1. The maximum Gasteiger partial charge on any atom is 0.433 e. The van der Waals surface area contributed by atoms with Gasteiger partial charge < -0.3 is 5.11 Å². The molecule has 0 unspecified atom stereocenters. The summed E-state index contributed by atoms with van der Waals surface area (Å²) < 4.78 is 40.6. The molecule has 0 radical (unpaired) electrons. The normalized spacial score (nSPS) is 12.7. The topological polar surface area (TPSA) is 54.6 Å². The summed E-state index contributed by atoms with van der Waals surface area (Å²) in [5, 5.41) is 9.01. The highest BCUT2D eigenvalue weighted by atomic mass is 32.1. The minimum atomic E-state index is -4.78. The predicted octanol–water partition coefficient (Wildman–Crippen LogP) is 5.08. The van der Waals surface area contributed by atoms with E-state index >= 15 is 0 Å². The SMILES string of the molecule is CC(C)(C)c1ccc(-c2cn3c(C(F)(F)F)c(C(=O)O)sc3n2)cc1. The molecule has 0 amide bonds. The number of imidazole rings is 1. The highest BCUT2D eigenvalue weighted by Gasteiger charge is 2.40. The van der Waals surface area contributed by atoms with Crippen molar-refractivity contribution in [2.75, 3.05) is 0 Å². The average molecular weight is 368 g/mol. The molecule has 2 heterocycles. The Bertz CT molecular complexity index is 947. The van der Waals surface area contributed by atoms with Crippen LogP contribution in [0.15, 0.2) is 30.5 Å². The number of carbonyl (C=O) groups is 1. The second-order valence-electron chi connectivity index (χ2n) is 6.69. The standard InChI is InChI=1S/C17H15F3N2O2S/c1-16(2,3)10-6-4-9(5-7-10)11-8-22-13(17(18,19)20)12(14(23)24)25-15(22)21-11/h4-8H,1-3H3,(H,23,24). The Hall–Kier alpha value is -2.35. The molecule has 0 atom stereocenters. The molecule has 132 valence electrons. The number of rotatable bonds is 2. The molecule has 1 aromatic carbocycles. The Morgan fingerprint density at radius 1 is 1.16 bits per heavy atom. The number of aromatic nitrogens is 2. The van der Waals surface area contributed by atoms with Crippen LogP contribution < -0.4 is 0 Å². The van der Waals surface area contributed by atoms with Gasteiger partial charge in [0, 0.05) is 11.8 Å². The Morgan fingerprint density at radius 3 is 2.24 bits per heavy atom. The van der Waals surface area contributed by atoms with Crippen LogP contribution in [0.25, 0.3) is 16.2 Å². The number of thiazole rings is 1. The first-order valence-corrected chi connectivity index (χ1v) is 8.23. The molecule has 1 N–H and O–H groups in total. The van der Waals surface area contributed by atoms with Gasteiger partial charge in [0.1, 0.15) is 4.88 Å². The highest BCUT2D eigenvalue weighted by Crippen LogP contribution is 2.38. The van der Waals surface area contributed by atoms with Gasteiger partial charge in [0.2, 0.25) is 0 Å². The first-order chi connectivity index (χ1) is 11.5. The van der Waals surface area contributed by atoms with Gasteiger partial charge >= 0.3 is 12.1 Å². The van der Waals surface area contributed by atoms with Gasteiger partial charge in [0.05, 0.1) is 5.69 Å². The lowest BCUT2D eigenvalue weighted by molar-refractivity contribution is -0.142. The van der Waals surface area contributed by atoms with Crippen LogP contribution in [0.1, 0.15) is 41.7 Å². The van der Waals surface area contributed by atoms with E-state index in [1.165, 1.54) is 6.20 Å². The van der Waals surface area contributed by atoms with Crippen molar-refractivity contribution in [2.45, 2.75) is 32.4 Å². The van der Waals surface area contributed by atoms with E-state index in [9.17, 15) is 18.0 Å². The van der Waals surface area contributed by atoms with Gasteiger partial charge in [-0.25, -0.2) is 9.78 Å². The summed E-state index contributed by atoms with van der Waals surface area (Å²) in [5.41, 5.74) is 0.905. The van der Waals surface area contributed by atoms with E-state index in [0.717, 1.165) is 9.96 Å². The largest absolute Gasteiger partial charge is 0.477 e. The van der Waals surface area contributed by atoms with Crippen LogP contribution in [0, 0.1) is 0 Å². The van der Waals surface area contributed by atoms with Gasteiger partial charge in [-0.1, -0.05) is 56.4 Å². The van der Waals surface area contributed by atoms with E-state index in [1.54, 1.807) is 12.1 Å². The molecule has 0 fully saturated rings. The van der Waals surface area contributed by atoms with Crippen molar-refractivity contribution in [3.8, 4) is 11.3 Å². The summed E-state index contributed by atoms with van der Waals surface area (Å²) in [4.78, 5) is 14.5. The molecular formula is C17H15F3N2O2S. The van der Waals surface area contributed by atoms with Crippen LogP contribution in [0.3, 0.4) is 0 Å². The van der Waals surface area contributed by atoms with E-state index < -0.39 is 22.7 Å². The van der Waals surface area contributed by atoms with Crippen molar-refractivity contribution in [3.63, 3.8) is 0 Å². The molecule has 0 aliphatic heterocycles. The van der Waals surface area contributed by atoms with Gasteiger partial charge in [0.25, 0.3) is 0 Å². The Kier molecular flexibility index (Phi) is 3.90. The maximum absolute atomic E-state index is 13.3. The highest BCUT2D eigenvalue weighted by molar-refractivity contribution is 7.19. The second kappa shape index (κ2) is 5.59. The minimum absolute atomic E-state index is 0.000349. The number of aromatic carboxylic acids is 1. The molecular weight excluding hydrogens is 353 g/mol. The predicted molar refractivity (Wildman–Crippen MR) is 89.2 cm³/mol. The van der Waals surface area contributed by atoms with Crippen molar-refractivity contribution >= 4 is 22.3 Å². The van der Waals surface area contributed by atoms with E-state index in [1.807, 2.05) is 12.1 Å². The van der Waals surface area contributed by atoms with Gasteiger partial charge in [-0.3, -0.25) is 4.40 Å². The first-order valence-electron chi connectivity index (χ1n) is 7.42. The number of hydrogen-bond acceptors (Lipinski definition) is 3. The van der Waals surface area contributed by atoms with Crippen LogP contribution in [0.2, 0.25) is 0 Å². The molecule has 3 aromatic rings. The van der Waals surface area contributed by atoms with Crippen LogP contribution in [-0.4, -0.2) is 20.5 Å². The lowest BCUT2D eigenvalue weighted by atomic mass is 9.86. The van der Waals surface area contributed by atoms with E-state index in [2.05, 4.69) is 25.8 Å². The van der Waals surface area contributed by atoms with Crippen LogP contribution >= 0.6 is 11.3 Å². The zero-order chi connectivity index (χ0) is 18.6. The molecule has 0 aliphatic carbocycles. The quantitative estimate of drug-likeness (QED) is 0.686. The van der Waals surface area contributed by atoms with Gasteiger partial charge in [0.15, 0.2) is 10.7 Å². The Labute approximate surface area is 145 Å². The number of halogens is 3. The van der Waals surface area contributed by atoms with E-state index in [-0.39, 0.29) is 10.4 Å². The van der Waals surface area contributed by atoms with Crippen LogP contribution in [0.5, 0.6) is 0 Å². The fourth-order valence-corrected chi connectivity index (χ4v) is 3.50. The Morgan fingerprint density at radius 2 is 1.76 bits per heavy atom. The third kappa shape index (κ3) is 3.13. The summed E-state index contributed by atoms with van der Waals surface area (Å²) in [6.45, 7) is 6.20. The van der Waals surface area contributed by atoms with Crippen molar-refractivity contribution in [1.82, 2.24) is 9.38 Å². The van der Waals surface area contributed by atoms with E-state index in [4.69, 9.17) is 5.11 Å². The van der Waals surface area contributed by atoms with Crippen LogP contribution in [-0.2, 0) is 11.6 Å². The number of alkyl halides is 3. The summed E-state index contributed by atoms with van der Waals surface area (Å²) >= 11 is 0.514. The molecule has 0 spiro atoms. The maximum atomic E-state index is 13.3. The van der Waals surface area contributed by atoms with Gasteiger partial charge in [-0.2, -0.15) is 13.2 Å². The lowest BCUT2D eigenvalue weighted by Crippen LogP contribution is -2.13. The number of hydrogen-bond donors (Lipinski definition) is 1. The molecule has 8 heteroatoms. The summed E-state index contributed by atoms with van der Waals surface area (Å²) in [6.07, 6.45) is -3.55. The lowest BCUT2D eigenvalue weighted by Gasteiger charge is -2.18. The van der Waals surface area contributed by atoms with Crippen molar-refractivity contribution in [3.05, 3.63) is 46.6 Å². The van der Waals surface area contributed by atoms with Crippen molar-refractivity contribution in [1.29, 1.82) is 0 Å². The van der Waals surface area contributed by atoms with Crippen molar-refractivity contribution < 1.29 is 23.1 Å². The zero-order valence-corrected chi connectivity index (χ0v) is 14.5. The fourth-order valence-electron chi connectivity index (χ4n) is 2.53. The monoisotopic (exact) mass is 368 g/mol. The number of carboxylic acid groups (broad SMARTS) is 1. The molecule has 2 aromatic heterocycles. The molecule has 0 saturated carbocycles. The van der Waals surface area contributed by atoms with Gasteiger partial charge in [-0.05, 0) is 11.0 Å². The number of nitrogens with zero attached hydrogens (tertiary/aromatic N) is 2. The Balaban J connectivity index is 2.11. The summed E-state index contributed by atoms with van der Waals surface area (Å²) in [6, 6.07) is 7.43. The molecule has 0 bridgehead atoms. The molecule has 0 aliphatic rings. The number of benzene rings is 1. The fraction of sp³-hybridized carbons (Fsp3) is 0.294. The van der Waals surface area contributed by atoms with Crippen molar-refractivity contribution in [2.24, 2.45) is 0 Å². The molecule has 3 rings (SSSR count). The molecule has 25 heavy (non-hydrogen) atoms. The summed E-state index contributed by atoms with van der Waals surface area (Å²) in [7, 11) is 0. The van der Waals surface area contributed by atoms with E-state index in [0.29, 0.717) is 22.6 Å². The molecule has 0 saturated heterocycles. The third-order valence-corrected chi connectivity index (χ3v) is 4.87. The first kappa shape index (κ1) is 17.5. The summed E-state index contributed by atoms with van der Waals surface area (Å²) in [5.74, 6) is -1.61. The zero-order valence-electron chi connectivity index (χ0n) is 13.7. The third-order valence-electron chi connectivity index (χ3n) is 3.83. The number of fused-ring (bicyclic) bond motifs is 1.